The highest BCUT2D eigenvalue weighted by atomic mass is 16.5. The van der Waals surface area contributed by atoms with E-state index in [0.29, 0.717) is 42.6 Å². The molecule has 2 rings (SSSR count). The number of aryl methyl sites for hydroxylation is 1. The number of hydrogen-bond acceptors (Lipinski definition) is 6. The molecule has 2 aromatic rings. The van der Waals surface area contributed by atoms with E-state index in [2.05, 4.69) is 15.5 Å². The standard InChI is InChI=1S/C20H29N3O4/c1-20(2,3)19-22-17(23-27-19)11-12-21-18(24)8-6-7-14-9-10-15(25-4)16(13-14)26-5/h9-10,13H,6-8,11-12H2,1-5H3,(H,21,24). The van der Waals surface area contributed by atoms with Crippen molar-refractivity contribution in [3.8, 4) is 11.5 Å². The average molecular weight is 375 g/mol. The van der Waals surface area contributed by atoms with Gasteiger partial charge in [-0.2, -0.15) is 4.98 Å². The second-order valence-corrected chi connectivity index (χ2v) is 7.41. The van der Waals surface area contributed by atoms with Gasteiger partial charge >= 0.3 is 0 Å². The van der Waals surface area contributed by atoms with Crippen molar-refractivity contribution in [2.75, 3.05) is 20.8 Å². The molecule has 1 amide bonds. The number of rotatable bonds is 9. The van der Waals surface area contributed by atoms with Crippen LogP contribution in [-0.2, 0) is 23.1 Å². The smallest absolute Gasteiger partial charge is 0.232 e. The van der Waals surface area contributed by atoms with E-state index in [1.54, 1.807) is 14.2 Å². The summed E-state index contributed by atoms with van der Waals surface area (Å²) in [4.78, 5) is 16.4. The van der Waals surface area contributed by atoms with E-state index in [-0.39, 0.29) is 11.3 Å². The lowest BCUT2D eigenvalue weighted by atomic mass is 9.97. The zero-order valence-electron chi connectivity index (χ0n) is 16.8. The van der Waals surface area contributed by atoms with Crippen molar-refractivity contribution >= 4 is 5.91 Å². The number of aromatic nitrogens is 2. The zero-order valence-corrected chi connectivity index (χ0v) is 16.8. The number of ether oxygens (including phenoxy) is 2. The molecule has 0 spiro atoms. The SMILES string of the molecule is COc1ccc(CCCC(=O)NCCc2noc(C(C)(C)C)n2)cc1OC. The van der Waals surface area contributed by atoms with Crippen LogP contribution in [0.1, 0.15) is 50.9 Å². The Morgan fingerprint density at radius 2 is 1.89 bits per heavy atom. The molecule has 27 heavy (non-hydrogen) atoms. The van der Waals surface area contributed by atoms with Crippen LogP contribution in [0.2, 0.25) is 0 Å². The first kappa shape index (κ1) is 20.7. The van der Waals surface area contributed by atoms with Gasteiger partial charge in [0.2, 0.25) is 11.8 Å². The Hall–Kier alpha value is -2.57. The van der Waals surface area contributed by atoms with E-state index in [1.165, 1.54) is 0 Å². The van der Waals surface area contributed by atoms with Gasteiger partial charge in [-0.3, -0.25) is 4.79 Å². The van der Waals surface area contributed by atoms with Crippen LogP contribution in [0.15, 0.2) is 22.7 Å². The largest absolute Gasteiger partial charge is 0.493 e. The molecule has 0 aliphatic carbocycles. The third-order valence-corrected chi connectivity index (χ3v) is 4.10. The fourth-order valence-electron chi connectivity index (χ4n) is 2.55. The molecule has 0 bridgehead atoms. The van der Waals surface area contributed by atoms with Gasteiger partial charge in [0.15, 0.2) is 17.3 Å². The maximum Gasteiger partial charge on any atom is 0.232 e. The highest BCUT2D eigenvalue weighted by Gasteiger charge is 2.21. The molecule has 1 aromatic carbocycles. The highest BCUT2D eigenvalue weighted by molar-refractivity contribution is 5.75. The number of nitrogens with one attached hydrogen (secondary N) is 1. The van der Waals surface area contributed by atoms with E-state index in [0.717, 1.165) is 18.4 Å². The minimum Gasteiger partial charge on any atom is -0.493 e. The minimum atomic E-state index is -0.168. The molecule has 7 nitrogen and oxygen atoms in total. The van der Waals surface area contributed by atoms with E-state index < -0.39 is 0 Å². The maximum atomic E-state index is 12.0. The van der Waals surface area contributed by atoms with Gasteiger partial charge in [0.25, 0.3) is 0 Å². The van der Waals surface area contributed by atoms with Gasteiger partial charge in [0.05, 0.1) is 14.2 Å². The molecule has 0 atom stereocenters. The summed E-state index contributed by atoms with van der Waals surface area (Å²) in [6.07, 6.45) is 2.58. The number of amides is 1. The van der Waals surface area contributed by atoms with E-state index in [4.69, 9.17) is 14.0 Å². The van der Waals surface area contributed by atoms with Gasteiger partial charge < -0.3 is 19.3 Å². The van der Waals surface area contributed by atoms with E-state index in [1.807, 2.05) is 39.0 Å². The van der Waals surface area contributed by atoms with Crippen molar-refractivity contribution in [1.82, 2.24) is 15.5 Å². The third-order valence-electron chi connectivity index (χ3n) is 4.10. The summed E-state index contributed by atoms with van der Waals surface area (Å²) in [5, 5.41) is 6.85. The average Bonchev–Trinajstić information content (AvgIpc) is 3.11. The van der Waals surface area contributed by atoms with Crippen LogP contribution in [0, 0.1) is 0 Å². The van der Waals surface area contributed by atoms with Crippen molar-refractivity contribution < 1.29 is 18.8 Å². The normalized spacial score (nSPS) is 11.3. The molecular formula is C20H29N3O4. The van der Waals surface area contributed by atoms with Gasteiger partial charge in [-0.15, -0.1) is 0 Å². The first-order chi connectivity index (χ1) is 12.8. The van der Waals surface area contributed by atoms with Gasteiger partial charge in [-0.25, -0.2) is 0 Å². The van der Waals surface area contributed by atoms with Crippen LogP contribution in [0.25, 0.3) is 0 Å². The predicted molar refractivity (Wildman–Crippen MR) is 102 cm³/mol. The summed E-state index contributed by atoms with van der Waals surface area (Å²) in [6.45, 7) is 6.55. The van der Waals surface area contributed by atoms with Crippen LogP contribution in [0.5, 0.6) is 11.5 Å². The van der Waals surface area contributed by atoms with Crippen molar-refractivity contribution in [2.24, 2.45) is 0 Å². The Labute approximate surface area is 160 Å². The topological polar surface area (TPSA) is 86.5 Å². The van der Waals surface area contributed by atoms with Crippen molar-refractivity contribution in [2.45, 2.75) is 51.9 Å². The molecule has 0 radical (unpaired) electrons. The number of carbonyl (C=O) groups excluding carboxylic acids is 1. The summed E-state index contributed by atoms with van der Waals surface area (Å²) in [7, 11) is 3.23. The maximum absolute atomic E-state index is 12.0. The lowest BCUT2D eigenvalue weighted by molar-refractivity contribution is -0.121. The Balaban J connectivity index is 1.70. The number of benzene rings is 1. The lowest BCUT2D eigenvalue weighted by Gasteiger charge is -2.10. The second-order valence-electron chi connectivity index (χ2n) is 7.41. The molecule has 0 fully saturated rings. The number of hydrogen-bond donors (Lipinski definition) is 1. The third kappa shape index (κ3) is 6.27. The molecule has 0 saturated carbocycles. The Bertz CT molecular complexity index is 750. The number of nitrogens with zero attached hydrogens (tertiary/aromatic N) is 2. The first-order valence-electron chi connectivity index (χ1n) is 9.14. The minimum absolute atomic E-state index is 0.0232. The molecule has 1 aromatic heterocycles. The lowest BCUT2D eigenvalue weighted by Crippen LogP contribution is -2.25. The predicted octanol–water partition coefficient (Wildman–Crippen LogP) is 3.07. The number of methoxy groups -OCH3 is 2. The van der Waals surface area contributed by atoms with E-state index in [9.17, 15) is 4.79 Å². The molecule has 0 saturated heterocycles. The zero-order chi connectivity index (χ0) is 19.9. The van der Waals surface area contributed by atoms with Crippen LogP contribution < -0.4 is 14.8 Å². The molecule has 1 heterocycles. The van der Waals surface area contributed by atoms with Crippen molar-refractivity contribution in [3.05, 3.63) is 35.5 Å². The monoisotopic (exact) mass is 375 g/mol. The van der Waals surface area contributed by atoms with Gasteiger partial charge in [-0.05, 0) is 30.5 Å². The van der Waals surface area contributed by atoms with Crippen LogP contribution in [-0.4, -0.2) is 36.8 Å². The summed E-state index contributed by atoms with van der Waals surface area (Å²) in [6, 6.07) is 5.81. The van der Waals surface area contributed by atoms with Gasteiger partial charge in [0.1, 0.15) is 0 Å². The molecule has 1 N–H and O–H groups in total. The summed E-state index contributed by atoms with van der Waals surface area (Å²) in [5.74, 6) is 2.66. The van der Waals surface area contributed by atoms with Crippen LogP contribution >= 0.6 is 0 Å². The van der Waals surface area contributed by atoms with Crippen molar-refractivity contribution in [3.63, 3.8) is 0 Å². The first-order valence-corrected chi connectivity index (χ1v) is 9.14. The Morgan fingerprint density at radius 1 is 1.15 bits per heavy atom. The Morgan fingerprint density at radius 3 is 2.52 bits per heavy atom. The summed E-state index contributed by atoms with van der Waals surface area (Å²) >= 11 is 0. The summed E-state index contributed by atoms with van der Waals surface area (Å²) in [5.41, 5.74) is 0.945. The molecule has 148 valence electrons. The van der Waals surface area contributed by atoms with Gasteiger partial charge in [-0.1, -0.05) is 32.0 Å². The fraction of sp³-hybridized carbons (Fsp3) is 0.550. The number of carbonyl (C=O) groups is 1. The van der Waals surface area contributed by atoms with E-state index >= 15 is 0 Å². The highest BCUT2D eigenvalue weighted by Crippen LogP contribution is 2.28. The molecular weight excluding hydrogens is 346 g/mol. The second kappa shape index (κ2) is 9.39. The molecule has 0 aliphatic heterocycles. The quantitative estimate of drug-likeness (QED) is 0.725. The van der Waals surface area contributed by atoms with Crippen LogP contribution in [0.3, 0.4) is 0 Å². The molecule has 0 unspecified atom stereocenters. The summed E-state index contributed by atoms with van der Waals surface area (Å²) < 4.78 is 15.8. The molecule has 0 aliphatic rings. The van der Waals surface area contributed by atoms with Crippen LogP contribution in [0.4, 0.5) is 0 Å². The van der Waals surface area contributed by atoms with Gasteiger partial charge in [0, 0.05) is 24.8 Å². The fourth-order valence-corrected chi connectivity index (χ4v) is 2.55. The Kier molecular flexibility index (Phi) is 7.21. The molecule has 7 heteroatoms. The van der Waals surface area contributed by atoms with Crippen molar-refractivity contribution in [1.29, 1.82) is 0 Å².